The third-order valence-corrected chi connectivity index (χ3v) is 5.00. The van der Waals surface area contributed by atoms with Crippen LogP contribution in [-0.4, -0.2) is 23.4 Å². The minimum Gasteiger partial charge on any atom is -0.392 e. The molecule has 0 radical (unpaired) electrons. The number of nitrogens with zero attached hydrogens (tertiary/aromatic N) is 2. The Balaban J connectivity index is 2.06. The second kappa shape index (κ2) is 7.05. The van der Waals surface area contributed by atoms with Crippen molar-refractivity contribution in [3.05, 3.63) is 71.9 Å². The first-order valence-electron chi connectivity index (χ1n) is 7.66. The first-order valence-corrected chi connectivity index (χ1v) is 9.14. The number of aliphatic hydroxyl groups is 1. The monoisotopic (exact) mass is 397 g/mol. The summed E-state index contributed by atoms with van der Waals surface area (Å²) in [7, 11) is -4.15. The van der Waals surface area contributed by atoms with Crippen molar-refractivity contribution in [3.63, 3.8) is 0 Å². The van der Waals surface area contributed by atoms with Gasteiger partial charge in [0.05, 0.1) is 17.2 Å². The van der Waals surface area contributed by atoms with E-state index in [1.165, 1.54) is 48.5 Å². The molecule has 3 rings (SSSR count). The van der Waals surface area contributed by atoms with Crippen LogP contribution in [0.15, 0.2) is 65.6 Å². The van der Waals surface area contributed by atoms with E-state index < -0.39 is 21.9 Å². The van der Waals surface area contributed by atoms with Crippen molar-refractivity contribution in [3.8, 4) is 11.3 Å². The Kier molecular flexibility index (Phi) is 4.94. The molecule has 2 aromatic carbocycles. The van der Waals surface area contributed by atoms with Gasteiger partial charge in [-0.15, -0.1) is 5.10 Å². The maximum atomic E-state index is 13.1. The summed E-state index contributed by atoms with van der Waals surface area (Å²) < 4.78 is 64.2. The Morgan fingerprint density at radius 2 is 1.67 bits per heavy atom. The zero-order chi connectivity index (χ0) is 19.7. The second-order valence-electron chi connectivity index (χ2n) is 5.59. The summed E-state index contributed by atoms with van der Waals surface area (Å²) in [4.78, 5) is 2.52. The standard InChI is InChI=1S/C17H14F3N3O3S/c18-17(19,20)16-10-15(13-8-6-12(11-24)7-9-13)23(21-16)22-27(25,26)14-4-2-1-3-5-14/h1-10,22,24H,11H2. The molecule has 0 fully saturated rings. The van der Waals surface area contributed by atoms with E-state index in [0.717, 1.165) is 6.07 Å². The van der Waals surface area contributed by atoms with Crippen LogP contribution in [0.2, 0.25) is 0 Å². The Morgan fingerprint density at radius 1 is 1.04 bits per heavy atom. The van der Waals surface area contributed by atoms with E-state index in [2.05, 4.69) is 9.93 Å². The van der Waals surface area contributed by atoms with Crippen LogP contribution in [0.4, 0.5) is 13.2 Å². The quantitative estimate of drug-likeness (QED) is 0.693. The van der Waals surface area contributed by atoms with Crippen LogP contribution in [0.5, 0.6) is 0 Å². The number of sulfonamides is 1. The zero-order valence-electron chi connectivity index (χ0n) is 13.7. The summed E-state index contributed by atoms with van der Waals surface area (Å²) in [5.74, 6) is 0. The molecule has 0 saturated carbocycles. The molecule has 1 heterocycles. The molecule has 3 aromatic rings. The second-order valence-corrected chi connectivity index (χ2v) is 7.25. The average Bonchev–Trinajstić information content (AvgIpc) is 3.06. The van der Waals surface area contributed by atoms with Crippen molar-refractivity contribution in [1.29, 1.82) is 0 Å². The molecule has 10 heteroatoms. The first kappa shape index (κ1) is 18.9. The molecule has 0 saturated heterocycles. The van der Waals surface area contributed by atoms with Gasteiger partial charge in [-0.05, 0) is 23.8 Å². The fraction of sp³-hybridized carbons (Fsp3) is 0.118. The maximum Gasteiger partial charge on any atom is 0.435 e. The fourth-order valence-electron chi connectivity index (χ4n) is 2.34. The molecule has 0 atom stereocenters. The highest BCUT2D eigenvalue weighted by molar-refractivity contribution is 7.92. The van der Waals surface area contributed by atoms with Gasteiger partial charge in [-0.2, -0.15) is 31.2 Å². The molecule has 0 bridgehead atoms. The molecule has 0 aliphatic carbocycles. The van der Waals surface area contributed by atoms with Crippen LogP contribution >= 0.6 is 0 Å². The van der Waals surface area contributed by atoms with Gasteiger partial charge in [-0.3, -0.25) is 0 Å². The predicted octanol–water partition coefficient (Wildman–Crippen LogP) is 2.99. The molecular formula is C17H14F3N3O3S. The van der Waals surface area contributed by atoms with E-state index in [0.29, 0.717) is 15.9 Å². The Hall–Kier alpha value is -2.85. The number of hydrogen-bond donors (Lipinski definition) is 2. The lowest BCUT2D eigenvalue weighted by atomic mass is 10.1. The van der Waals surface area contributed by atoms with Crippen LogP contribution in [0.1, 0.15) is 11.3 Å². The summed E-state index contributed by atoms with van der Waals surface area (Å²) in [6.07, 6.45) is -4.75. The molecule has 0 amide bonds. The summed E-state index contributed by atoms with van der Waals surface area (Å²) in [6.45, 7) is -0.228. The summed E-state index contributed by atoms with van der Waals surface area (Å²) >= 11 is 0. The van der Waals surface area contributed by atoms with Gasteiger partial charge >= 0.3 is 6.18 Å². The zero-order valence-corrected chi connectivity index (χ0v) is 14.5. The number of halogens is 3. The van der Waals surface area contributed by atoms with Crippen LogP contribution in [-0.2, 0) is 22.8 Å². The normalized spacial score (nSPS) is 12.1. The van der Waals surface area contributed by atoms with Crippen LogP contribution in [0, 0.1) is 0 Å². The molecule has 0 unspecified atom stereocenters. The molecular weight excluding hydrogens is 383 g/mol. The summed E-state index contributed by atoms with van der Waals surface area (Å²) in [5, 5.41) is 12.4. The number of aliphatic hydroxyl groups excluding tert-OH is 1. The van der Waals surface area contributed by atoms with E-state index in [1.54, 1.807) is 6.07 Å². The lowest BCUT2D eigenvalue weighted by Crippen LogP contribution is -2.25. The first-order chi connectivity index (χ1) is 12.7. The fourth-order valence-corrected chi connectivity index (χ4v) is 3.33. The van der Waals surface area contributed by atoms with Gasteiger partial charge in [0.15, 0.2) is 5.69 Å². The van der Waals surface area contributed by atoms with Crippen LogP contribution in [0.25, 0.3) is 11.3 Å². The third-order valence-electron chi connectivity index (χ3n) is 3.69. The van der Waals surface area contributed by atoms with Gasteiger partial charge in [-0.1, -0.05) is 42.5 Å². The highest BCUT2D eigenvalue weighted by Gasteiger charge is 2.35. The van der Waals surface area contributed by atoms with Gasteiger partial charge in [-0.25, -0.2) is 0 Å². The lowest BCUT2D eigenvalue weighted by molar-refractivity contribution is -0.141. The molecule has 2 N–H and O–H groups in total. The SMILES string of the molecule is O=S(=O)(Nn1nc(C(F)(F)F)cc1-c1ccc(CO)cc1)c1ccccc1. The highest BCUT2D eigenvalue weighted by Crippen LogP contribution is 2.31. The summed E-state index contributed by atoms with van der Waals surface area (Å²) in [6, 6.07) is 14.0. The highest BCUT2D eigenvalue weighted by atomic mass is 32.2. The lowest BCUT2D eigenvalue weighted by Gasteiger charge is -2.11. The number of aromatic nitrogens is 2. The van der Waals surface area contributed by atoms with Crippen molar-refractivity contribution < 1.29 is 26.7 Å². The van der Waals surface area contributed by atoms with E-state index in [9.17, 15) is 21.6 Å². The molecule has 0 spiro atoms. The third kappa shape index (κ3) is 4.12. The topological polar surface area (TPSA) is 84.2 Å². The number of nitrogens with one attached hydrogen (secondary N) is 1. The molecule has 142 valence electrons. The Bertz CT molecular complexity index is 1030. The number of benzene rings is 2. The van der Waals surface area contributed by atoms with Gasteiger partial charge < -0.3 is 5.11 Å². The van der Waals surface area contributed by atoms with E-state index in [1.807, 2.05) is 0 Å². The van der Waals surface area contributed by atoms with Gasteiger partial charge in [0.1, 0.15) is 0 Å². The Morgan fingerprint density at radius 3 is 2.22 bits per heavy atom. The van der Waals surface area contributed by atoms with E-state index >= 15 is 0 Å². The largest absolute Gasteiger partial charge is 0.435 e. The minimum absolute atomic E-state index is 0.0914. The van der Waals surface area contributed by atoms with E-state index in [-0.39, 0.29) is 17.2 Å². The van der Waals surface area contributed by atoms with Crippen molar-refractivity contribution in [2.45, 2.75) is 17.7 Å². The summed E-state index contributed by atoms with van der Waals surface area (Å²) in [5.41, 5.74) is -0.470. The molecule has 6 nitrogen and oxygen atoms in total. The van der Waals surface area contributed by atoms with Gasteiger partial charge in [0.2, 0.25) is 0 Å². The molecule has 0 aliphatic rings. The van der Waals surface area contributed by atoms with Crippen LogP contribution in [0.3, 0.4) is 0 Å². The maximum absolute atomic E-state index is 13.1. The van der Waals surface area contributed by atoms with Crippen molar-refractivity contribution >= 4 is 10.0 Å². The van der Waals surface area contributed by atoms with E-state index in [4.69, 9.17) is 5.11 Å². The molecule has 27 heavy (non-hydrogen) atoms. The number of alkyl halides is 3. The number of rotatable bonds is 5. The van der Waals surface area contributed by atoms with Crippen LogP contribution < -0.4 is 4.83 Å². The van der Waals surface area contributed by atoms with Crippen molar-refractivity contribution in [1.82, 2.24) is 9.89 Å². The minimum atomic E-state index is -4.75. The molecule has 1 aromatic heterocycles. The van der Waals surface area contributed by atoms with Gasteiger partial charge in [0.25, 0.3) is 10.0 Å². The number of hydrogen-bond acceptors (Lipinski definition) is 4. The smallest absolute Gasteiger partial charge is 0.392 e. The average molecular weight is 397 g/mol. The Labute approximate surface area is 152 Å². The predicted molar refractivity (Wildman–Crippen MR) is 91.6 cm³/mol. The van der Waals surface area contributed by atoms with Crippen molar-refractivity contribution in [2.24, 2.45) is 0 Å². The molecule has 0 aliphatic heterocycles. The van der Waals surface area contributed by atoms with Gasteiger partial charge in [0, 0.05) is 5.56 Å². The van der Waals surface area contributed by atoms with Crippen molar-refractivity contribution in [2.75, 3.05) is 4.83 Å².